The van der Waals surface area contributed by atoms with E-state index in [-0.39, 0.29) is 17.9 Å². The fraction of sp³-hybridized carbons (Fsp3) is 0.533. The zero-order valence-corrected chi connectivity index (χ0v) is 11.1. The maximum atomic E-state index is 12.0. The van der Waals surface area contributed by atoms with Crippen molar-refractivity contribution < 1.29 is 9.53 Å². The molecule has 1 aliphatic rings. The zero-order chi connectivity index (χ0) is 13.0. The molecule has 3 heteroatoms. The molecular weight excluding hydrogens is 226 g/mol. The highest BCUT2D eigenvalue weighted by Gasteiger charge is 2.30. The molecule has 1 aromatic rings. The smallest absolute Gasteiger partial charge is 0.225 e. The van der Waals surface area contributed by atoms with Crippen LogP contribution in [0.2, 0.25) is 0 Å². The Kier molecular flexibility index (Phi) is 4.24. The maximum absolute atomic E-state index is 12.0. The van der Waals surface area contributed by atoms with Crippen molar-refractivity contribution in [3.05, 3.63) is 30.3 Å². The summed E-state index contributed by atoms with van der Waals surface area (Å²) in [5, 5.41) is 0. The first-order valence-electron chi connectivity index (χ1n) is 6.67. The van der Waals surface area contributed by atoms with Gasteiger partial charge in [-0.05, 0) is 25.0 Å². The van der Waals surface area contributed by atoms with Gasteiger partial charge in [-0.3, -0.25) is 4.79 Å². The van der Waals surface area contributed by atoms with Gasteiger partial charge >= 0.3 is 0 Å². The van der Waals surface area contributed by atoms with E-state index in [1.807, 2.05) is 49.1 Å². The van der Waals surface area contributed by atoms with Gasteiger partial charge in [-0.2, -0.15) is 0 Å². The Balaban J connectivity index is 1.90. The van der Waals surface area contributed by atoms with Crippen molar-refractivity contribution in [3.63, 3.8) is 0 Å². The molecule has 1 aliphatic heterocycles. The van der Waals surface area contributed by atoms with Crippen molar-refractivity contribution in [1.82, 2.24) is 4.90 Å². The second-order valence-corrected chi connectivity index (χ2v) is 5.11. The van der Waals surface area contributed by atoms with Crippen LogP contribution >= 0.6 is 0 Å². The lowest BCUT2D eigenvalue weighted by Crippen LogP contribution is -2.41. The monoisotopic (exact) mass is 247 g/mol. The van der Waals surface area contributed by atoms with Gasteiger partial charge in [-0.15, -0.1) is 0 Å². The van der Waals surface area contributed by atoms with E-state index in [9.17, 15) is 4.79 Å². The van der Waals surface area contributed by atoms with Crippen LogP contribution in [0.4, 0.5) is 0 Å². The van der Waals surface area contributed by atoms with E-state index in [0.717, 1.165) is 25.1 Å². The zero-order valence-electron chi connectivity index (χ0n) is 11.1. The van der Waals surface area contributed by atoms with E-state index < -0.39 is 0 Å². The molecule has 0 bridgehead atoms. The number of nitrogens with zero attached hydrogens (tertiary/aromatic N) is 1. The first-order chi connectivity index (χ1) is 8.68. The Morgan fingerprint density at radius 3 is 2.78 bits per heavy atom. The molecule has 1 amide bonds. The highest BCUT2D eigenvalue weighted by molar-refractivity contribution is 5.78. The molecular formula is C15H21NO2. The number of amides is 1. The van der Waals surface area contributed by atoms with E-state index in [0.29, 0.717) is 6.61 Å². The van der Waals surface area contributed by atoms with E-state index in [1.165, 1.54) is 0 Å². The number of rotatable bonds is 4. The van der Waals surface area contributed by atoms with Gasteiger partial charge in [0.05, 0.1) is 6.04 Å². The van der Waals surface area contributed by atoms with Crippen molar-refractivity contribution >= 4 is 5.91 Å². The summed E-state index contributed by atoms with van der Waals surface area (Å²) in [6.07, 6.45) is 2.13. The molecule has 1 atom stereocenters. The number of likely N-dealkylation sites (tertiary alicyclic amines) is 1. The summed E-state index contributed by atoms with van der Waals surface area (Å²) in [7, 11) is 0. The van der Waals surface area contributed by atoms with Crippen LogP contribution in [0.5, 0.6) is 5.75 Å². The van der Waals surface area contributed by atoms with E-state index >= 15 is 0 Å². The minimum Gasteiger partial charge on any atom is -0.491 e. The Hall–Kier alpha value is -1.51. The molecule has 1 saturated heterocycles. The molecule has 98 valence electrons. The molecule has 0 aliphatic carbocycles. The highest BCUT2D eigenvalue weighted by atomic mass is 16.5. The van der Waals surface area contributed by atoms with Crippen molar-refractivity contribution in [2.75, 3.05) is 13.2 Å². The number of ether oxygens (including phenoxy) is 1. The topological polar surface area (TPSA) is 29.5 Å². The highest BCUT2D eigenvalue weighted by Crippen LogP contribution is 2.21. The lowest BCUT2D eigenvalue weighted by molar-refractivity contribution is -0.135. The predicted octanol–water partition coefficient (Wildman–Crippen LogP) is 2.71. The Morgan fingerprint density at radius 1 is 1.39 bits per heavy atom. The molecule has 1 fully saturated rings. The maximum Gasteiger partial charge on any atom is 0.225 e. The SMILES string of the molecule is CC(C)C(=O)N1CCC[C@H]1COc1ccccc1. The number of para-hydroxylation sites is 1. The van der Waals surface area contributed by atoms with Crippen molar-refractivity contribution in [3.8, 4) is 5.75 Å². The van der Waals surface area contributed by atoms with E-state index in [4.69, 9.17) is 4.74 Å². The molecule has 0 N–H and O–H groups in total. The van der Waals surface area contributed by atoms with E-state index in [1.54, 1.807) is 0 Å². The molecule has 1 heterocycles. The first kappa shape index (κ1) is 12.9. The lowest BCUT2D eigenvalue weighted by Gasteiger charge is -2.26. The second-order valence-electron chi connectivity index (χ2n) is 5.11. The number of benzene rings is 1. The minimum atomic E-state index is 0.0716. The van der Waals surface area contributed by atoms with E-state index in [2.05, 4.69) is 0 Å². The van der Waals surface area contributed by atoms with Gasteiger partial charge in [0.25, 0.3) is 0 Å². The van der Waals surface area contributed by atoms with Gasteiger partial charge in [0, 0.05) is 12.5 Å². The fourth-order valence-corrected chi connectivity index (χ4v) is 2.34. The molecule has 1 aromatic carbocycles. The largest absolute Gasteiger partial charge is 0.491 e. The van der Waals surface area contributed by atoms with Crippen molar-refractivity contribution in [1.29, 1.82) is 0 Å². The van der Waals surface area contributed by atoms with Crippen LogP contribution in [-0.2, 0) is 4.79 Å². The van der Waals surface area contributed by atoms with Crippen LogP contribution in [0.15, 0.2) is 30.3 Å². The van der Waals surface area contributed by atoms with Gasteiger partial charge in [-0.1, -0.05) is 32.0 Å². The number of carbonyl (C=O) groups excluding carboxylic acids is 1. The van der Waals surface area contributed by atoms with Crippen molar-refractivity contribution in [2.24, 2.45) is 5.92 Å². The average Bonchev–Trinajstić information content (AvgIpc) is 2.84. The summed E-state index contributed by atoms with van der Waals surface area (Å²) in [5.41, 5.74) is 0. The third kappa shape index (κ3) is 3.03. The summed E-state index contributed by atoms with van der Waals surface area (Å²) >= 11 is 0. The summed E-state index contributed by atoms with van der Waals surface area (Å²) in [6, 6.07) is 10.0. The summed E-state index contributed by atoms with van der Waals surface area (Å²) < 4.78 is 5.76. The number of carbonyl (C=O) groups is 1. The van der Waals surface area contributed by atoms with Gasteiger partial charge in [0.1, 0.15) is 12.4 Å². The Labute approximate surface area is 109 Å². The van der Waals surface area contributed by atoms with Crippen LogP contribution in [0, 0.1) is 5.92 Å². The fourth-order valence-electron chi connectivity index (χ4n) is 2.34. The number of hydrogen-bond donors (Lipinski definition) is 0. The summed E-state index contributed by atoms with van der Waals surface area (Å²) in [6.45, 7) is 5.38. The Morgan fingerprint density at radius 2 is 2.11 bits per heavy atom. The van der Waals surface area contributed by atoms with Crippen LogP contribution in [-0.4, -0.2) is 30.0 Å². The molecule has 0 radical (unpaired) electrons. The van der Waals surface area contributed by atoms with Gasteiger partial charge in [0.2, 0.25) is 5.91 Å². The van der Waals surface area contributed by atoms with Crippen LogP contribution in [0.25, 0.3) is 0 Å². The number of hydrogen-bond acceptors (Lipinski definition) is 2. The lowest BCUT2D eigenvalue weighted by atomic mass is 10.1. The first-order valence-corrected chi connectivity index (χ1v) is 6.67. The normalized spacial score (nSPS) is 19.3. The molecule has 0 spiro atoms. The van der Waals surface area contributed by atoms with Crippen LogP contribution in [0.1, 0.15) is 26.7 Å². The third-order valence-electron chi connectivity index (χ3n) is 3.34. The quantitative estimate of drug-likeness (QED) is 0.818. The standard InChI is InChI=1S/C15H21NO2/c1-12(2)15(17)16-10-6-7-13(16)11-18-14-8-4-3-5-9-14/h3-5,8-9,12-13H,6-7,10-11H2,1-2H3/t13-/m0/s1. The minimum absolute atomic E-state index is 0.0716. The molecule has 0 saturated carbocycles. The average molecular weight is 247 g/mol. The van der Waals surface area contributed by atoms with Crippen LogP contribution in [0.3, 0.4) is 0 Å². The summed E-state index contributed by atoms with van der Waals surface area (Å²) in [5.74, 6) is 1.19. The molecule has 0 unspecified atom stereocenters. The summed E-state index contributed by atoms with van der Waals surface area (Å²) in [4.78, 5) is 14.0. The Bertz CT molecular complexity index is 389. The third-order valence-corrected chi connectivity index (χ3v) is 3.34. The predicted molar refractivity (Wildman–Crippen MR) is 71.5 cm³/mol. The van der Waals surface area contributed by atoms with Gasteiger partial charge in [-0.25, -0.2) is 0 Å². The van der Waals surface area contributed by atoms with Crippen molar-refractivity contribution in [2.45, 2.75) is 32.7 Å². The molecule has 3 nitrogen and oxygen atoms in total. The van der Waals surface area contributed by atoms with Crippen LogP contribution < -0.4 is 4.74 Å². The van der Waals surface area contributed by atoms with Gasteiger partial charge in [0.15, 0.2) is 0 Å². The molecule has 0 aromatic heterocycles. The second kappa shape index (κ2) is 5.89. The van der Waals surface area contributed by atoms with Gasteiger partial charge < -0.3 is 9.64 Å². The molecule has 2 rings (SSSR count). The molecule has 18 heavy (non-hydrogen) atoms.